The van der Waals surface area contributed by atoms with Crippen LogP contribution in [0.3, 0.4) is 0 Å². The van der Waals surface area contributed by atoms with Gasteiger partial charge in [-0.15, -0.1) is 0 Å². The van der Waals surface area contributed by atoms with Crippen molar-refractivity contribution in [1.29, 1.82) is 0 Å². The molecule has 0 aliphatic carbocycles. The standard InChI is InChI=1S/C19H25F3N4O2/c1-11(2)26-17-15(9-23-26)12(3)14(13(4)24-17)5-6-16(27)25-18(19(20,21)22)7-8-28-10-18/h9,11H,5-8,10H2,1-4H3,(H,25,27). The monoisotopic (exact) mass is 398 g/mol. The van der Waals surface area contributed by atoms with E-state index in [2.05, 4.69) is 15.4 Å². The van der Waals surface area contributed by atoms with Gasteiger partial charge in [-0.3, -0.25) is 4.79 Å². The highest BCUT2D eigenvalue weighted by Crippen LogP contribution is 2.37. The molecule has 1 unspecified atom stereocenters. The zero-order valence-electron chi connectivity index (χ0n) is 16.5. The van der Waals surface area contributed by atoms with Crippen molar-refractivity contribution in [2.45, 2.75) is 64.7 Å². The quantitative estimate of drug-likeness (QED) is 0.838. The van der Waals surface area contributed by atoms with Gasteiger partial charge in [0.1, 0.15) is 0 Å². The number of nitrogens with one attached hydrogen (secondary N) is 1. The summed E-state index contributed by atoms with van der Waals surface area (Å²) in [4.78, 5) is 16.9. The van der Waals surface area contributed by atoms with Gasteiger partial charge in [0.2, 0.25) is 5.91 Å². The molecular weight excluding hydrogens is 373 g/mol. The number of pyridine rings is 1. The minimum Gasteiger partial charge on any atom is -0.379 e. The first-order chi connectivity index (χ1) is 13.1. The van der Waals surface area contributed by atoms with E-state index in [9.17, 15) is 18.0 Å². The highest BCUT2D eigenvalue weighted by atomic mass is 19.4. The van der Waals surface area contributed by atoms with Crippen molar-refractivity contribution in [3.8, 4) is 0 Å². The molecule has 0 saturated carbocycles. The van der Waals surface area contributed by atoms with Crippen LogP contribution in [0.15, 0.2) is 6.20 Å². The van der Waals surface area contributed by atoms with Crippen LogP contribution in [-0.4, -0.2) is 45.6 Å². The summed E-state index contributed by atoms with van der Waals surface area (Å²) < 4.78 is 46.9. The Hall–Kier alpha value is -2.16. The van der Waals surface area contributed by atoms with Crippen LogP contribution in [0.4, 0.5) is 13.2 Å². The van der Waals surface area contributed by atoms with E-state index in [1.165, 1.54) is 0 Å². The van der Waals surface area contributed by atoms with Crippen LogP contribution in [0.1, 0.15) is 49.6 Å². The molecule has 3 heterocycles. The highest BCUT2D eigenvalue weighted by Gasteiger charge is 2.57. The van der Waals surface area contributed by atoms with Gasteiger partial charge < -0.3 is 10.1 Å². The first-order valence-corrected chi connectivity index (χ1v) is 9.34. The van der Waals surface area contributed by atoms with Gasteiger partial charge in [-0.25, -0.2) is 9.67 Å². The Labute approximate surface area is 161 Å². The van der Waals surface area contributed by atoms with Crippen LogP contribution in [-0.2, 0) is 16.0 Å². The van der Waals surface area contributed by atoms with Crippen LogP contribution in [0, 0.1) is 13.8 Å². The van der Waals surface area contributed by atoms with Crippen LogP contribution in [0.25, 0.3) is 11.0 Å². The number of hydrogen-bond acceptors (Lipinski definition) is 4. The van der Waals surface area contributed by atoms with Crippen LogP contribution in [0.2, 0.25) is 0 Å². The first-order valence-electron chi connectivity index (χ1n) is 9.34. The Morgan fingerprint density at radius 2 is 2.11 bits per heavy atom. The first kappa shape index (κ1) is 20.6. The summed E-state index contributed by atoms with van der Waals surface area (Å²) in [7, 11) is 0. The average Bonchev–Trinajstić information content (AvgIpc) is 3.21. The van der Waals surface area contributed by atoms with E-state index in [1.807, 2.05) is 32.4 Å². The van der Waals surface area contributed by atoms with Crippen LogP contribution >= 0.6 is 0 Å². The molecule has 1 amide bonds. The molecule has 1 atom stereocenters. The van der Waals surface area contributed by atoms with Crippen molar-refractivity contribution in [3.05, 3.63) is 23.0 Å². The second-order valence-corrected chi connectivity index (χ2v) is 7.65. The number of amides is 1. The molecular formula is C19H25F3N4O2. The molecule has 2 aromatic heterocycles. The minimum atomic E-state index is -4.54. The number of nitrogens with zero attached hydrogens (tertiary/aromatic N) is 3. The van der Waals surface area contributed by atoms with Crippen LogP contribution < -0.4 is 5.32 Å². The number of hydrogen-bond donors (Lipinski definition) is 1. The lowest BCUT2D eigenvalue weighted by molar-refractivity contribution is -0.197. The van der Waals surface area contributed by atoms with Crippen LogP contribution in [0.5, 0.6) is 0 Å². The number of aromatic nitrogens is 3. The number of halogens is 3. The zero-order valence-corrected chi connectivity index (χ0v) is 16.5. The van der Waals surface area contributed by atoms with Crippen molar-refractivity contribution < 1.29 is 22.7 Å². The maximum absolute atomic E-state index is 13.4. The fraction of sp³-hybridized carbons (Fsp3) is 0.632. The molecule has 6 nitrogen and oxygen atoms in total. The number of ether oxygens (including phenoxy) is 1. The molecule has 1 aliphatic rings. The van der Waals surface area contributed by atoms with Gasteiger partial charge >= 0.3 is 6.18 Å². The SMILES string of the molecule is Cc1nc2c(cnn2C(C)C)c(C)c1CCC(=O)NC1(C(F)(F)F)CCOC1. The van der Waals surface area contributed by atoms with Gasteiger partial charge in [-0.2, -0.15) is 18.3 Å². The predicted octanol–water partition coefficient (Wildman–Crippen LogP) is 3.40. The van der Waals surface area contributed by atoms with Crippen molar-refractivity contribution in [1.82, 2.24) is 20.1 Å². The average molecular weight is 398 g/mol. The molecule has 3 rings (SSSR count). The summed E-state index contributed by atoms with van der Waals surface area (Å²) in [5.74, 6) is -0.639. The fourth-order valence-corrected chi connectivity index (χ4v) is 3.66. The number of carbonyl (C=O) groups is 1. The molecule has 1 saturated heterocycles. The van der Waals surface area contributed by atoms with Crippen molar-refractivity contribution in [2.24, 2.45) is 0 Å². The van der Waals surface area contributed by atoms with E-state index in [-0.39, 0.29) is 25.5 Å². The molecule has 0 spiro atoms. The third-order valence-corrected chi connectivity index (χ3v) is 5.37. The zero-order chi connectivity index (χ0) is 20.7. The third kappa shape index (κ3) is 3.59. The molecule has 154 valence electrons. The lowest BCUT2D eigenvalue weighted by atomic mass is 9.96. The lowest BCUT2D eigenvalue weighted by Gasteiger charge is -2.31. The second-order valence-electron chi connectivity index (χ2n) is 7.65. The Morgan fingerprint density at radius 1 is 1.39 bits per heavy atom. The summed E-state index contributed by atoms with van der Waals surface area (Å²) >= 11 is 0. The summed E-state index contributed by atoms with van der Waals surface area (Å²) in [5.41, 5.74) is 1.08. The van der Waals surface area contributed by atoms with Gasteiger partial charge in [0.15, 0.2) is 11.2 Å². The third-order valence-electron chi connectivity index (χ3n) is 5.37. The van der Waals surface area contributed by atoms with Gasteiger partial charge in [-0.05, 0) is 45.2 Å². The van der Waals surface area contributed by atoms with Gasteiger partial charge in [0.25, 0.3) is 0 Å². The van der Waals surface area contributed by atoms with E-state index in [4.69, 9.17) is 4.74 Å². The molecule has 9 heteroatoms. The summed E-state index contributed by atoms with van der Waals surface area (Å²) in [6.07, 6.45) is -2.80. The molecule has 1 N–H and O–H groups in total. The summed E-state index contributed by atoms with van der Waals surface area (Å²) in [5, 5.41) is 7.44. The molecule has 1 fully saturated rings. The summed E-state index contributed by atoms with van der Waals surface area (Å²) in [6, 6.07) is 0.160. The molecule has 0 aromatic carbocycles. The minimum absolute atomic E-state index is 0.0154. The number of carbonyl (C=O) groups excluding carboxylic acids is 1. The van der Waals surface area contributed by atoms with Crippen molar-refractivity contribution in [3.63, 3.8) is 0 Å². The molecule has 0 bridgehead atoms. The lowest BCUT2D eigenvalue weighted by Crippen LogP contribution is -2.59. The topological polar surface area (TPSA) is 69.0 Å². The second kappa shape index (κ2) is 7.35. The number of fused-ring (bicyclic) bond motifs is 1. The van der Waals surface area contributed by atoms with E-state index in [1.54, 1.807) is 6.20 Å². The Balaban J connectivity index is 1.77. The van der Waals surface area contributed by atoms with Crippen molar-refractivity contribution >= 4 is 16.9 Å². The number of alkyl halides is 3. The number of aryl methyl sites for hydroxylation is 2. The van der Waals surface area contributed by atoms with Gasteiger partial charge in [0.05, 0.1) is 12.8 Å². The van der Waals surface area contributed by atoms with E-state index in [0.29, 0.717) is 6.42 Å². The normalized spacial score (nSPS) is 20.3. The maximum atomic E-state index is 13.4. The van der Waals surface area contributed by atoms with E-state index < -0.39 is 24.2 Å². The molecule has 2 aromatic rings. The van der Waals surface area contributed by atoms with E-state index >= 15 is 0 Å². The van der Waals surface area contributed by atoms with Gasteiger partial charge in [-0.1, -0.05) is 0 Å². The highest BCUT2D eigenvalue weighted by molar-refractivity contribution is 5.81. The smallest absolute Gasteiger partial charge is 0.379 e. The molecule has 28 heavy (non-hydrogen) atoms. The van der Waals surface area contributed by atoms with E-state index in [0.717, 1.165) is 27.9 Å². The van der Waals surface area contributed by atoms with Gasteiger partial charge in [0, 0.05) is 36.6 Å². The summed E-state index contributed by atoms with van der Waals surface area (Å²) in [6.45, 7) is 7.25. The Morgan fingerprint density at radius 3 is 2.68 bits per heavy atom. The van der Waals surface area contributed by atoms with Crippen molar-refractivity contribution in [2.75, 3.05) is 13.2 Å². The Kier molecular flexibility index (Phi) is 5.40. The largest absolute Gasteiger partial charge is 0.413 e. The fourth-order valence-electron chi connectivity index (χ4n) is 3.66. The molecule has 0 radical (unpaired) electrons. The number of rotatable bonds is 5. The Bertz CT molecular complexity index is 883. The molecule has 1 aliphatic heterocycles. The predicted molar refractivity (Wildman–Crippen MR) is 98.1 cm³/mol. The maximum Gasteiger partial charge on any atom is 0.413 e.